The van der Waals surface area contributed by atoms with Crippen LogP contribution in [0, 0.1) is 4.91 Å². The number of nitrogens with zero attached hydrogens (tertiary/aromatic N) is 3. The summed E-state index contributed by atoms with van der Waals surface area (Å²) in [5.41, 5.74) is 0. The third-order valence-corrected chi connectivity index (χ3v) is 1.92. The van der Waals surface area contributed by atoms with Gasteiger partial charge in [-0.05, 0) is 17.7 Å². The molecule has 0 aromatic rings. The fraction of sp³-hybridized carbons (Fsp3) is 1.00. The molecule has 1 aliphatic rings. The van der Waals surface area contributed by atoms with Gasteiger partial charge in [-0.1, -0.05) is 0 Å². The molecule has 0 bridgehead atoms. The van der Waals surface area contributed by atoms with E-state index in [9.17, 15) is 4.91 Å². The van der Waals surface area contributed by atoms with Gasteiger partial charge >= 0.3 is 0 Å². The Morgan fingerprint density at radius 2 is 1.54 bits per heavy atom. The Morgan fingerprint density at radius 1 is 1.15 bits per heavy atom. The van der Waals surface area contributed by atoms with E-state index in [2.05, 4.69) is 5.29 Å². The van der Waals surface area contributed by atoms with E-state index in [4.69, 9.17) is 31.4 Å². The zero-order valence-electron chi connectivity index (χ0n) is 7.47. The van der Waals surface area contributed by atoms with E-state index in [0.29, 0.717) is 0 Å². The van der Waals surface area contributed by atoms with Crippen molar-refractivity contribution in [3.8, 4) is 0 Å². The first kappa shape index (κ1) is 10.7. The average Bonchev–Trinajstić information content (AvgIpc) is 1.79. The van der Waals surface area contributed by atoms with Gasteiger partial charge in [0.15, 0.2) is 0 Å². The molecule has 60 valence electrons. The summed E-state index contributed by atoms with van der Waals surface area (Å²) in [6.07, 6.45) is 0. The number of hydrogen-bond acceptors (Lipinski definition) is 3. The third-order valence-electron chi connectivity index (χ3n) is 1.92. The summed E-state index contributed by atoms with van der Waals surface area (Å²) in [6, 6.07) is 0. The van der Waals surface area contributed by atoms with Crippen molar-refractivity contribution in [2.45, 2.75) is 10.7 Å². The molecule has 4 nitrogen and oxygen atoms in total. The fourth-order valence-electron chi connectivity index (χ4n) is 1.59. The van der Waals surface area contributed by atoms with Crippen molar-refractivity contribution in [3.05, 3.63) is 4.91 Å². The van der Waals surface area contributed by atoms with Gasteiger partial charge in [-0.15, -0.1) is 4.91 Å². The Labute approximate surface area is 83.0 Å². The van der Waals surface area contributed by atoms with Crippen molar-refractivity contribution in [3.63, 3.8) is 0 Å². The van der Waals surface area contributed by atoms with E-state index >= 15 is 0 Å². The lowest BCUT2D eigenvalue weighted by molar-refractivity contribution is 0.0686. The molecule has 0 aromatic heterocycles. The summed E-state index contributed by atoms with van der Waals surface area (Å²) in [7, 11) is 24.2. The standard InChI is InChI=1S/C5H7B4N3O/c1-11-2-4(6,7)12(10-13)5(8,9)3-11/h2-3H2,1H3. The van der Waals surface area contributed by atoms with Gasteiger partial charge in [-0.3, -0.25) is 5.01 Å². The SMILES string of the molecule is [B]C1([B])CN(C)CC([B])([B])N1N=O. The Balaban J connectivity index is 2.94. The largest absolute Gasteiger partial charge is 0.305 e. The number of rotatable bonds is 1. The first-order valence-electron chi connectivity index (χ1n) is 3.77. The van der Waals surface area contributed by atoms with E-state index in [-0.39, 0.29) is 13.1 Å². The van der Waals surface area contributed by atoms with E-state index in [1.807, 2.05) is 0 Å². The van der Waals surface area contributed by atoms with Crippen LogP contribution in [0.5, 0.6) is 0 Å². The van der Waals surface area contributed by atoms with Crippen molar-refractivity contribution >= 4 is 31.4 Å². The molecule has 1 heterocycles. The Bertz CT molecular complexity index is 204. The van der Waals surface area contributed by atoms with Gasteiger partial charge in [0.1, 0.15) is 0 Å². The fourth-order valence-corrected chi connectivity index (χ4v) is 1.59. The van der Waals surface area contributed by atoms with Crippen molar-refractivity contribution < 1.29 is 0 Å². The van der Waals surface area contributed by atoms with Gasteiger partial charge in [-0.25, -0.2) is 0 Å². The maximum Gasteiger partial charge on any atom is 0.0943 e. The predicted octanol–water partition coefficient (Wildman–Crippen LogP) is -2.10. The molecule has 1 rings (SSSR count). The second-order valence-corrected chi connectivity index (χ2v) is 3.55. The minimum Gasteiger partial charge on any atom is -0.305 e. The van der Waals surface area contributed by atoms with Crippen LogP contribution in [-0.4, -0.2) is 72.1 Å². The van der Waals surface area contributed by atoms with Crippen molar-refractivity contribution in [2.75, 3.05) is 20.1 Å². The lowest BCUT2D eigenvalue weighted by Gasteiger charge is -2.54. The molecule has 13 heavy (non-hydrogen) atoms. The molecule has 0 N–H and O–H groups in total. The van der Waals surface area contributed by atoms with Crippen LogP contribution in [0.15, 0.2) is 5.29 Å². The molecule has 8 heteroatoms. The van der Waals surface area contributed by atoms with E-state index < -0.39 is 10.7 Å². The first-order chi connectivity index (χ1) is 5.79. The Kier molecular flexibility index (Phi) is 2.54. The summed E-state index contributed by atoms with van der Waals surface area (Å²) in [5.74, 6) is 0. The number of hydrogen-bond donors (Lipinski definition) is 0. The monoisotopic (exact) mass is 169 g/mol. The van der Waals surface area contributed by atoms with E-state index in [0.717, 1.165) is 5.01 Å². The van der Waals surface area contributed by atoms with Gasteiger partial charge in [0.2, 0.25) is 0 Å². The summed E-state index contributed by atoms with van der Waals surface area (Å²) in [6.45, 7) is 0.545. The van der Waals surface area contributed by atoms with Gasteiger partial charge in [0, 0.05) is 13.1 Å². The topological polar surface area (TPSA) is 35.9 Å². The average molecular weight is 168 g/mol. The van der Waals surface area contributed by atoms with Crippen LogP contribution < -0.4 is 0 Å². The Hall–Kier alpha value is -0.380. The molecule has 0 atom stereocenters. The molecule has 1 fully saturated rings. The maximum atomic E-state index is 10.4. The second kappa shape index (κ2) is 3.08. The summed E-state index contributed by atoms with van der Waals surface area (Å²) in [4.78, 5) is 12.2. The van der Waals surface area contributed by atoms with Crippen LogP contribution >= 0.6 is 0 Å². The van der Waals surface area contributed by atoms with Crippen LogP contribution in [0.25, 0.3) is 0 Å². The molecule has 0 unspecified atom stereocenters. The normalized spacial score (nSPS) is 27.0. The van der Waals surface area contributed by atoms with Gasteiger partial charge in [0.25, 0.3) is 0 Å². The van der Waals surface area contributed by atoms with Crippen LogP contribution in [0.2, 0.25) is 0 Å². The van der Waals surface area contributed by atoms with E-state index in [1.165, 1.54) is 0 Å². The van der Waals surface area contributed by atoms with Crippen LogP contribution in [-0.2, 0) is 0 Å². The molecular weight excluding hydrogens is 161 g/mol. The molecule has 8 radical (unpaired) electrons. The highest BCUT2D eigenvalue weighted by Gasteiger charge is 2.42. The lowest BCUT2D eigenvalue weighted by Crippen LogP contribution is -2.71. The lowest BCUT2D eigenvalue weighted by atomic mass is 9.51. The molecule has 0 aromatic carbocycles. The molecule has 0 spiro atoms. The number of piperazine rings is 1. The Morgan fingerprint density at radius 3 is 1.85 bits per heavy atom. The minimum absolute atomic E-state index is 0.273. The predicted molar refractivity (Wildman–Crippen MR) is 53.6 cm³/mol. The zero-order chi connectivity index (χ0) is 10.3. The summed E-state index contributed by atoms with van der Waals surface area (Å²) >= 11 is 0. The molecular formula is C5H7B4N3O. The zero-order valence-corrected chi connectivity index (χ0v) is 7.47. The molecule has 0 saturated carbocycles. The summed E-state index contributed by atoms with van der Waals surface area (Å²) in [5, 5.41) is 0.599. The number of nitroso groups, excluding NO2 is 1. The van der Waals surface area contributed by atoms with Crippen molar-refractivity contribution in [2.24, 2.45) is 5.29 Å². The molecule has 1 saturated heterocycles. The van der Waals surface area contributed by atoms with Gasteiger partial charge in [0.05, 0.1) is 36.7 Å². The highest BCUT2D eigenvalue weighted by Crippen LogP contribution is 2.24. The molecule has 1 aliphatic heterocycles. The highest BCUT2D eigenvalue weighted by molar-refractivity contribution is 6.44. The number of likely N-dealkylation sites (N-methyl/N-ethyl adjacent to an activating group) is 1. The first-order valence-corrected chi connectivity index (χ1v) is 3.77. The molecule has 0 amide bonds. The van der Waals surface area contributed by atoms with Crippen LogP contribution in [0.3, 0.4) is 0 Å². The summed E-state index contributed by atoms with van der Waals surface area (Å²) < 4.78 is 0. The third kappa shape index (κ3) is 1.93. The quantitative estimate of drug-likeness (QED) is 0.332. The van der Waals surface area contributed by atoms with Crippen molar-refractivity contribution in [1.29, 1.82) is 0 Å². The molecule has 0 aliphatic carbocycles. The smallest absolute Gasteiger partial charge is 0.0943 e. The van der Waals surface area contributed by atoms with Crippen LogP contribution in [0.1, 0.15) is 0 Å². The minimum atomic E-state index is -1.42. The highest BCUT2D eigenvalue weighted by atomic mass is 16.3. The maximum absolute atomic E-state index is 10.4. The van der Waals surface area contributed by atoms with Crippen molar-refractivity contribution in [1.82, 2.24) is 9.91 Å². The van der Waals surface area contributed by atoms with Gasteiger partial charge in [-0.2, -0.15) is 0 Å². The van der Waals surface area contributed by atoms with E-state index in [1.54, 1.807) is 11.9 Å². The van der Waals surface area contributed by atoms with Crippen LogP contribution in [0.4, 0.5) is 0 Å². The van der Waals surface area contributed by atoms with Gasteiger partial charge < -0.3 is 4.90 Å². The second-order valence-electron chi connectivity index (χ2n) is 3.55.